The number of carbonyl (C=O) groups is 1. The van der Waals surface area contributed by atoms with Gasteiger partial charge in [-0.2, -0.15) is 0 Å². The van der Waals surface area contributed by atoms with Gasteiger partial charge in [0, 0.05) is 12.0 Å². The number of para-hydroxylation sites is 1. The Morgan fingerprint density at radius 1 is 1.25 bits per heavy atom. The molecule has 0 aliphatic carbocycles. The summed E-state index contributed by atoms with van der Waals surface area (Å²) in [7, 11) is 0. The van der Waals surface area contributed by atoms with Gasteiger partial charge in [-0.1, -0.05) is 56.8 Å². The van der Waals surface area contributed by atoms with Gasteiger partial charge in [0.2, 0.25) is 5.91 Å². The average Bonchev–Trinajstić information content (AvgIpc) is 2.61. The van der Waals surface area contributed by atoms with Crippen LogP contribution in [0.25, 0.3) is 6.08 Å². The van der Waals surface area contributed by atoms with E-state index in [4.69, 9.17) is 4.74 Å². The predicted molar refractivity (Wildman–Crippen MR) is 100 cm³/mol. The molecule has 0 atom stereocenters. The van der Waals surface area contributed by atoms with Crippen molar-refractivity contribution in [1.29, 1.82) is 0 Å². The van der Waals surface area contributed by atoms with Gasteiger partial charge in [-0.25, -0.2) is 0 Å². The van der Waals surface area contributed by atoms with Crippen LogP contribution in [0.4, 0.5) is 5.69 Å². The summed E-state index contributed by atoms with van der Waals surface area (Å²) in [6, 6.07) is 12.1. The molecule has 0 unspecified atom stereocenters. The van der Waals surface area contributed by atoms with E-state index in [0.29, 0.717) is 13.0 Å². The molecular formula is C21H25NO2. The number of hydrogen-bond acceptors (Lipinski definition) is 2. The number of nitrogens with one attached hydrogen (secondary N) is 1. The Balaban J connectivity index is 2.23. The molecular weight excluding hydrogens is 298 g/mol. The predicted octanol–water partition coefficient (Wildman–Crippen LogP) is 5.13. The summed E-state index contributed by atoms with van der Waals surface area (Å²) in [5.41, 5.74) is 5.03. The van der Waals surface area contributed by atoms with Crippen LogP contribution in [0, 0.1) is 6.92 Å². The standard InChI is InChI=1S/C21H25NO2/c1-5-16-11-12-19(15(4)13-16)24-14-18-10-8-9-17(6-2)21(18)22-20(23)7-3/h6,8-13H,2,5,7,14H2,1,3-4H3,(H,22,23). The Kier molecular flexibility index (Phi) is 6.19. The Morgan fingerprint density at radius 3 is 2.67 bits per heavy atom. The average molecular weight is 323 g/mol. The fourth-order valence-corrected chi connectivity index (χ4v) is 2.54. The van der Waals surface area contributed by atoms with Crippen LogP contribution in [-0.2, 0) is 17.8 Å². The normalized spacial score (nSPS) is 10.3. The second-order valence-corrected chi connectivity index (χ2v) is 5.73. The molecule has 1 amide bonds. The molecule has 0 aromatic heterocycles. The van der Waals surface area contributed by atoms with Crippen LogP contribution in [0.5, 0.6) is 5.75 Å². The minimum Gasteiger partial charge on any atom is -0.489 e. The lowest BCUT2D eigenvalue weighted by atomic mass is 10.1. The van der Waals surface area contributed by atoms with Crippen LogP contribution in [0.15, 0.2) is 43.0 Å². The Bertz CT molecular complexity index is 735. The number of ether oxygens (including phenoxy) is 1. The first kappa shape index (κ1) is 17.8. The molecule has 0 radical (unpaired) electrons. The van der Waals surface area contributed by atoms with Gasteiger partial charge in [0.1, 0.15) is 12.4 Å². The molecule has 2 rings (SSSR count). The van der Waals surface area contributed by atoms with E-state index in [1.165, 1.54) is 5.56 Å². The van der Waals surface area contributed by atoms with Crippen molar-refractivity contribution >= 4 is 17.7 Å². The van der Waals surface area contributed by atoms with E-state index in [2.05, 4.69) is 37.9 Å². The lowest BCUT2D eigenvalue weighted by Gasteiger charge is -2.16. The van der Waals surface area contributed by atoms with Gasteiger partial charge in [0.25, 0.3) is 0 Å². The minimum atomic E-state index is -0.0194. The highest BCUT2D eigenvalue weighted by molar-refractivity contribution is 5.93. The van der Waals surface area contributed by atoms with Gasteiger partial charge in [0.05, 0.1) is 5.69 Å². The van der Waals surface area contributed by atoms with Gasteiger partial charge in [-0.3, -0.25) is 4.79 Å². The number of carbonyl (C=O) groups excluding carboxylic acids is 1. The molecule has 3 heteroatoms. The number of amides is 1. The molecule has 0 saturated carbocycles. The maximum atomic E-state index is 11.8. The van der Waals surface area contributed by atoms with Crippen LogP contribution < -0.4 is 10.1 Å². The smallest absolute Gasteiger partial charge is 0.224 e. The molecule has 0 spiro atoms. The summed E-state index contributed by atoms with van der Waals surface area (Å²) < 4.78 is 5.99. The Morgan fingerprint density at radius 2 is 2.04 bits per heavy atom. The molecule has 126 valence electrons. The maximum absolute atomic E-state index is 11.8. The summed E-state index contributed by atoms with van der Waals surface area (Å²) in [6.07, 6.45) is 3.19. The van der Waals surface area contributed by atoms with Gasteiger partial charge < -0.3 is 10.1 Å². The van der Waals surface area contributed by atoms with Gasteiger partial charge in [-0.15, -0.1) is 0 Å². The maximum Gasteiger partial charge on any atom is 0.224 e. The molecule has 1 N–H and O–H groups in total. The SMILES string of the molecule is C=Cc1cccc(COc2ccc(CC)cc2C)c1NC(=O)CC. The summed E-state index contributed by atoms with van der Waals surface area (Å²) in [5.74, 6) is 0.845. The van der Waals surface area contributed by atoms with E-state index < -0.39 is 0 Å². The van der Waals surface area contributed by atoms with Crippen LogP contribution in [0.3, 0.4) is 0 Å². The molecule has 0 aliphatic rings. The van der Waals surface area contributed by atoms with Crippen LogP contribution in [0.2, 0.25) is 0 Å². The highest BCUT2D eigenvalue weighted by Crippen LogP contribution is 2.26. The molecule has 0 saturated heterocycles. The molecule has 0 fully saturated rings. The largest absolute Gasteiger partial charge is 0.489 e. The summed E-state index contributed by atoms with van der Waals surface area (Å²) in [5, 5.41) is 2.96. The van der Waals surface area contributed by atoms with E-state index in [1.807, 2.05) is 31.2 Å². The van der Waals surface area contributed by atoms with Crippen molar-refractivity contribution in [2.45, 2.75) is 40.2 Å². The number of rotatable bonds is 7. The number of anilines is 1. The number of benzene rings is 2. The molecule has 2 aromatic rings. The van der Waals surface area contributed by atoms with Crippen molar-refractivity contribution in [2.75, 3.05) is 5.32 Å². The summed E-state index contributed by atoms with van der Waals surface area (Å²) >= 11 is 0. The zero-order valence-electron chi connectivity index (χ0n) is 14.7. The third-order valence-corrected chi connectivity index (χ3v) is 4.02. The second kappa shape index (κ2) is 8.34. The molecule has 0 aliphatic heterocycles. The van der Waals surface area contributed by atoms with Crippen molar-refractivity contribution in [3.8, 4) is 5.75 Å². The van der Waals surface area contributed by atoms with Gasteiger partial charge in [0.15, 0.2) is 0 Å². The third-order valence-electron chi connectivity index (χ3n) is 4.02. The van der Waals surface area contributed by atoms with E-state index in [1.54, 1.807) is 6.08 Å². The third kappa shape index (κ3) is 4.25. The summed E-state index contributed by atoms with van der Waals surface area (Å²) in [4.78, 5) is 11.8. The van der Waals surface area contributed by atoms with Gasteiger partial charge >= 0.3 is 0 Å². The number of hydrogen-bond donors (Lipinski definition) is 1. The van der Waals surface area contributed by atoms with E-state index >= 15 is 0 Å². The lowest BCUT2D eigenvalue weighted by molar-refractivity contribution is -0.115. The van der Waals surface area contributed by atoms with E-state index in [-0.39, 0.29) is 5.91 Å². The van der Waals surface area contributed by atoms with Crippen molar-refractivity contribution in [3.05, 3.63) is 65.2 Å². The van der Waals surface area contributed by atoms with Crippen LogP contribution >= 0.6 is 0 Å². The molecule has 24 heavy (non-hydrogen) atoms. The monoisotopic (exact) mass is 323 g/mol. The van der Waals surface area contributed by atoms with Crippen molar-refractivity contribution in [1.82, 2.24) is 0 Å². The Labute approximate surface area is 144 Å². The molecule has 0 bridgehead atoms. The number of aryl methyl sites for hydroxylation is 2. The first-order valence-corrected chi connectivity index (χ1v) is 8.35. The quantitative estimate of drug-likeness (QED) is 0.767. The molecule has 3 nitrogen and oxygen atoms in total. The van der Waals surface area contributed by atoms with E-state index in [9.17, 15) is 4.79 Å². The van der Waals surface area contributed by atoms with Crippen molar-refractivity contribution in [3.63, 3.8) is 0 Å². The fraction of sp³-hybridized carbons (Fsp3) is 0.286. The highest BCUT2D eigenvalue weighted by Gasteiger charge is 2.10. The minimum absolute atomic E-state index is 0.0194. The van der Waals surface area contributed by atoms with Crippen molar-refractivity contribution < 1.29 is 9.53 Å². The first-order chi connectivity index (χ1) is 11.6. The first-order valence-electron chi connectivity index (χ1n) is 8.35. The summed E-state index contributed by atoms with van der Waals surface area (Å²) in [6.45, 7) is 10.2. The fourth-order valence-electron chi connectivity index (χ4n) is 2.54. The Hall–Kier alpha value is -2.55. The van der Waals surface area contributed by atoms with Gasteiger partial charge in [-0.05, 0) is 36.1 Å². The molecule has 2 aromatic carbocycles. The topological polar surface area (TPSA) is 38.3 Å². The highest BCUT2D eigenvalue weighted by atomic mass is 16.5. The zero-order chi connectivity index (χ0) is 17.5. The lowest BCUT2D eigenvalue weighted by Crippen LogP contribution is -2.13. The molecule has 0 heterocycles. The van der Waals surface area contributed by atoms with Crippen LogP contribution in [0.1, 0.15) is 42.5 Å². The van der Waals surface area contributed by atoms with Crippen molar-refractivity contribution in [2.24, 2.45) is 0 Å². The van der Waals surface area contributed by atoms with E-state index in [0.717, 1.165) is 34.5 Å². The van der Waals surface area contributed by atoms with Crippen LogP contribution in [-0.4, -0.2) is 5.91 Å². The zero-order valence-corrected chi connectivity index (χ0v) is 14.7. The second-order valence-electron chi connectivity index (χ2n) is 5.73.